The van der Waals surface area contributed by atoms with Crippen molar-refractivity contribution in [1.29, 1.82) is 0 Å². The van der Waals surface area contributed by atoms with Gasteiger partial charge in [-0.3, -0.25) is 20.2 Å². The summed E-state index contributed by atoms with van der Waals surface area (Å²) in [7, 11) is 1.60. The smallest absolute Gasteiger partial charge is 0.257 e. The summed E-state index contributed by atoms with van der Waals surface area (Å²) in [5.74, 6) is 0.403. The first-order valence-electron chi connectivity index (χ1n) is 7.53. The van der Waals surface area contributed by atoms with Crippen LogP contribution in [0, 0.1) is 0 Å². The molecule has 0 bridgehead atoms. The second kappa shape index (κ2) is 6.95. The first kappa shape index (κ1) is 15.7. The highest BCUT2D eigenvalue weighted by Gasteiger charge is 2.23. The summed E-state index contributed by atoms with van der Waals surface area (Å²) in [6.45, 7) is 0. The zero-order valence-corrected chi connectivity index (χ0v) is 13.2. The predicted molar refractivity (Wildman–Crippen MR) is 89.8 cm³/mol. The summed E-state index contributed by atoms with van der Waals surface area (Å²) >= 11 is 0. The Morgan fingerprint density at radius 3 is 2.54 bits per heavy atom. The van der Waals surface area contributed by atoms with Gasteiger partial charge in [-0.2, -0.15) is 0 Å². The van der Waals surface area contributed by atoms with E-state index in [1.165, 1.54) is 0 Å². The minimum Gasteiger partial charge on any atom is -0.497 e. The van der Waals surface area contributed by atoms with Gasteiger partial charge in [0, 0.05) is 5.56 Å². The van der Waals surface area contributed by atoms with Gasteiger partial charge in [-0.1, -0.05) is 30.3 Å². The molecule has 6 heteroatoms. The van der Waals surface area contributed by atoms with Crippen LogP contribution in [0.3, 0.4) is 0 Å². The monoisotopic (exact) mass is 323 g/mol. The summed E-state index contributed by atoms with van der Waals surface area (Å²) in [5.41, 5.74) is 1.39. The number of hydrogen-bond acceptors (Lipinski definition) is 4. The average molecular weight is 323 g/mol. The van der Waals surface area contributed by atoms with Crippen LogP contribution < -0.4 is 15.4 Å². The molecule has 2 aromatic rings. The Kier molecular flexibility index (Phi) is 4.56. The highest BCUT2D eigenvalue weighted by atomic mass is 16.5. The molecule has 6 nitrogen and oxygen atoms in total. The molecule has 1 unspecified atom stereocenters. The number of hydrogen-bond donors (Lipinski definition) is 2. The molecule has 0 radical (unpaired) electrons. The lowest BCUT2D eigenvalue weighted by atomic mass is 10.0. The van der Waals surface area contributed by atoms with E-state index in [1.807, 2.05) is 30.3 Å². The fourth-order valence-electron chi connectivity index (χ4n) is 2.44. The summed E-state index contributed by atoms with van der Waals surface area (Å²) in [6.07, 6.45) is 0.233. The van der Waals surface area contributed by atoms with Gasteiger partial charge in [0.05, 0.1) is 19.6 Å². The van der Waals surface area contributed by atoms with Gasteiger partial charge in [0.15, 0.2) is 0 Å². The van der Waals surface area contributed by atoms with E-state index in [2.05, 4.69) is 15.6 Å². The highest BCUT2D eigenvalue weighted by Crippen LogP contribution is 2.25. The van der Waals surface area contributed by atoms with Crippen molar-refractivity contribution in [2.45, 2.75) is 12.5 Å². The summed E-state index contributed by atoms with van der Waals surface area (Å²) in [4.78, 5) is 28.6. The summed E-state index contributed by atoms with van der Waals surface area (Å²) in [5, 5.41) is 5.24. The van der Waals surface area contributed by atoms with Gasteiger partial charge in [-0.15, -0.1) is 0 Å². The number of rotatable bonds is 3. The van der Waals surface area contributed by atoms with Crippen LogP contribution in [0.1, 0.15) is 28.4 Å². The number of benzene rings is 2. The van der Waals surface area contributed by atoms with E-state index >= 15 is 0 Å². The number of nitrogens with zero attached hydrogens (tertiary/aromatic N) is 1. The van der Waals surface area contributed by atoms with E-state index in [0.717, 1.165) is 11.3 Å². The van der Waals surface area contributed by atoms with Crippen molar-refractivity contribution in [1.82, 2.24) is 10.6 Å². The Balaban J connectivity index is 1.78. The first-order valence-corrected chi connectivity index (χ1v) is 7.53. The molecular weight excluding hydrogens is 306 g/mol. The molecule has 2 N–H and O–H groups in total. The molecule has 24 heavy (non-hydrogen) atoms. The lowest BCUT2D eigenvalue weighted by Gasteiger charge is -2.21. The van der Waals surface area contributed by atoms with Crippen LogP contribution in [0.25, 0.3) is 0 Å². The van der Waals surface area contributed by atoms with Crippen molar-refractivity contribution < 1.29 is 14.3 Å². The number of aliphatic imine (C=N–C) groups is 1. The summed E-state index contributed by atoms with van der Waals surface area (Å²) < 4.78 is 5.13. The lowest BCUT2D eigenvalue weighted by molar-refractivity contribution is -0.120. The van der Waals surface area contributed by atoms with Crippen molar-refractivity contribution in [3.05, 3.63) is 65.7 Å². The maximum atomic E-state index is 12.2. The number of nitrogens with one attached hydrogen (secondary N) is 2. The van der Waals surface area contributed by atoms with Crippen LogP contribution in [0.2, 0.25) is 0 Å². The molecule has 0 saturated carbocycles. The summed E-state index contributed by atoms with van der Waals surface area (Å²) in [6, 6.07) is 15.8. The van der Waals surface area contributed by atoms with Gasteiger partial charge in [-0.05, 0) is 29.8 Å². The fraction of sp³-hybridized carbons (Fsp3) is 0.167. The minimum absolute atomic E-state index is 0.168. The third-order valence-electron chi connectivity index (χ3n) is 3.69. The van der Waals surface area contributed by atoms with Crippen molar-refractivity contribution in [2.24, 2.45) is 4.99 Å². The molecule has 0 spiro atoms. The Morgan fingerprint density at radius 1 is 1.17 bits per heavy atom. The molecule has 0 fully saturated rings. The van der Waals surface area contributed by atoms with Crippen molar-refractivity contribution in [3.63, 3.8) is 0 Å². The third-order valence-corrected chi connectivity index (χ3v) is 3.69. The largest absolute Gasteiger partial charge is 0.497 e. The standard InChI is InChI=1S/C18H17N3O3/c1-24-14-9-7-12(8-10-14)15-11-16(22)20-18(19-15)21-17(23)13-5-3-2-4-6-13/h2-10,15H,11H2,1H3,(H2,19,20,21,22,23). The number of guanidine groups is 1. The lowest BCUT2D eigenvalue weighted by Crippen LogP contribution is -2.46. The zero-order chi connectivity index (χ0) is 16.9. The van der Waals surface area contributed by atoms with Gasteiger partial charge in [0.25, 0.3) is 5.91 Å². The number of ether oxygens (including phenoxy) is 1. The first-order chi connectivity index (χ1) is 11.7. The molecule has 122 valence electrons. The number of carbonyl (C=O) groups excluding carboxylic acids is 2. The maximum Gasteiger partial charge on any atom is 0.257 e. The maximum absolute atomic E-state index is 12.2. The van der Waals surface area contributed by atoms with Crippen LogP contribution in [-0.2, 0) is 4.79 Å². The molecule has 1 heterocycles. The second-order valence-electron chi connectivity index (χ2n) is 5.34. The van der Waals surface area contributed by atoms with E-state index in [1.54, 1.807) is 31.4 Å². The molecule has 2 amide bonds. The second-order valence-corrected chi connectivity index (χ2v) is 5.34. The zero-order valence-electron chi connectivity index (χ0n) is 13.2. The quantitative estimate of drug-likeness (QED) is 0.907. The normalized spacial score (nSPS) is 16.8. The molecular formula is C18H17N3O3. The van der Waals surface area contributed by atoms with Gasteiger partial charge in [0.2, 0.25) is 11.9 Å². The molecule has 0 aromatic heterocycles. The SMILES string of the molecule is COc1ccc(C2CC(=O)NC(NC(=O)c3ccccc3)=N2)cc1. The van der Waals surface area contributed by atoms with E-state index < -0.39 is 0 Å². The molecule has 2 aromatic carbocycles. The van der Waals surface area contributed by atoms with Crippen LogP contribution in [0.4, 0.5) is 0 Å². The van der Waals surface area contributed by atoms with Crippen molar-refractivity contribution in [2.75, 3.05) is 7.11 Å². The molecule has 1 aliphatic heterocycles. The van der Waals surface area contributed by atoms with E-state index in [0.29, 0.717) is 5.56 Å². The van der Waals surface area contributed by atoms with Crippen LogP contribution in [0.5, 0.6) is 5.75 Å². The topological polar surface area (TPSA) is 79.8 Å². The van der Waals surface area contributed by atoms with E-state index in [9.17, 15) is 9.59 Å². The molecule has 0 aliphatic carbocycles. The molecule has 0 saturated heterocycles. The number of carbonyl (C=O) groups is 2. The van der Waals surface area contributed by atoms with E-state index in [-0.39, 0.29) is 30.2 Å². The number of methoxy groups -OCH3 is 1. The average Bonchev–Trinajstić information content (AvgIpc) is 2.62. The molecule has 3 rings (SSSR count). The third kappa shape index (κ3) is 3.60. The number of amides is 2. The van der Waals surface area contributed by atoms with Gasteiger partial charge in [-0.25, -0.2) is 4.99 Å². The van der Waals surface area contributed by atoms with Crippen molar-refractivity contribution >= 4 is 17.8 Å². The van der Waals surface area contributed by atoms with Crippen LogP contribution in [0.15, 0.2) is 59.6 Å². The van der Waals surface area contributed by atoms with Crippen LogP contribution >= 0.6 is 0 Å². The van der Waals surface area contributed by atoms with Crippen LogP contribution in [-0.4, -0.2) is 24.9 Å². The van der Waals surface area contributed by atoms with Gasteiger partial charge < -0.3 is 4.74 Å². The Labute approximate surface area is 139 Å². The molecule has 1 aliphatic rings. The van der Waals surface area contributed by atoms with Gasteiger partial charge in [0.1, 0.15) is 5.75 Å². The Morgan fingerprint density at radius 2 is 1.88 bits per heavy atom. The highest BCUT2D eigenvalue weighted by molar-refractivity contribution is 6.10. The van der Waals surface area contributed by atoms with Gasteiger partial charge >= 0.3 is 0 Å². The van der Waals surface area contributed by atoms with E-state index in [4.69, 9.17) is 4.74 Å². The minimum atomic E-state index is -0.337. The Bertz CT molecular complexity index is 770. The molecule has 1 atom stereocenters. The fourth-order valence-corrected chi connectivity index (χ4v) is 2.44. The predicted octanol–water partition coefficient (Wildman–Crippen LogP) is 2.04. The Hall–Kier alpha value is -3.15. The van der Waals surface area contributed by atoms with Crippen molar-refractivity contribution in [3.8, 4) is 5.75 Å².